The summed E-state index contributed by atoms with van der Waals surface area (Å²) in [7, 11) is -3.33. The highest BCUT2D eigenvalue weighted by molar-refractivity contribution is 7.92. The van der Waals surface area contributed by atoms with Crippen LogP contribution >= 0.6 is 0 Å². The third kappa shape index (κ3) is 5.82. The van der Waals surface area contributed by atoms with Crippen molar-refractivity contribution >= 4 is 27.3 Å². The number of piperidine rings is 1. The Labute approximate surface area is 214 Å². The third-order valence-electron chi connectivity index (χ3n) is 7.19. The van der Waals surface area contributed by atoms with Crippen LogP contribution in [0.3, 0.4) is 0 Å². The van der Waals surface area contributed by atoms with Gasteiger partial charge >= 0.3 is 0 Å². The minimum absolute atomic E-state index is 0.0482. The van der Waals surface area contributed by atoms with Crippen molar-refractivity contribution in [1.29, 1.82) is 0 Å². The predicted octanol–water partition coefficient (Wildman–Crippen LogP) is 4.15. The van der Waals surface area contributed by atoms with E-state index in [9.17, 15) is 18.3 Å². The Kier molecular flexibility index (Phi) is 7.85. The van der Waals surface area contributed by atoms with Gasteiger partial charge in [0.15, 0.2) is 0 Å². The maximum Gasteiger partial charge on any atom is 0.229 e. The van der Waals surface area contributed by atoms with Crippen LogP contribution in [0.15, 0.2) is 67.4 Å². The van der Waals surface area contributed by atoms with Crippen molar-refractivity contribution in [2.45, 2.75) is 44.8 Å². The van der Waals surface area contributed by atoms with Crippen molar-refractivity contribution in [3.05, 3.63) is 84.1 Å². The summed E-state index contributed by atoms with van der Waals surface area (Å²) in [5.74, 6) is 0.191. The second-order valence-corrected chi connectivity index (χ2v) is 11.4. The van der Waals surface area contributed by atoms with Gasteiger partial charge in [-0.15, -0.1) is 0 Å². The SMILES string of the molecule is C=CN1/C(=C\C)c2ccccc2C1CC(O)C1CCN(C(=O)Cc2ccc(NS(C)(=O)=O)cc2)CC1. The molecule has 36 heavy (non-hydrogen) atoms. The molecule has 0 aromatic heterocycles. The van der Waals surface area contributed by atoms with Crippen LogP contribution in [0.4, 0.5) is 5.69 Å². The first kappa shape index (κ1) is 26.0. The van der Waals surface area contributed by atoms with Crippen molar-refractivity contribution in [2.24, 2.45) is 5.92 Å². The highest BCUT2D eigenvalue weighted by Crippen LogP contribution is 2.44. The van der Waals surface area contributed by atoms with E-state index in [1.807, 2.05) is 30.2 Å². The number of likely N-dealkylation sites (tertiary alicyclic amines) is 1. The number of fused-ring (bicyclic) bond motifs is 1. The van der Waals surface area contributed by atoms with Crippen LogP contribution in [0, 0.1) is 5.92 Å². The molecule has 4 rings (SSSR count). The molecule has 1 saturated heterocycles. The minimum atomic E-state index is -3.33. The van der Waals surface area contributed by atoms with Gasteiger partial charge in [-0.25, -0.2) is 8.42 Å². The monoisotopic (exact) mass is 509 g/mol. The molecular weight excluding hydrogens is 474 g/mol. The van der Waals surface area contributed by atoms with Gasteiger partial charge in [0.1, 0.15) is 0 Å². The molecule has 2 aliphatic rings. The Balaban J connectivity index is 1.32. The van der Waals surface area contributed by atoms with Crippen LogP contribution in [0.2, 0.25) is 0 Å². The van der Waals surface area contributed by atoms with Gasteiger partial charge in [-0.05, 0) is 61.6 Å². The first-order valence-corrected chi connectivity index (χ1v) is 14.3. The number of hydrogen-bond acceptors (Lipinski definition) is 5. The number of hydrogen-bond donors (Lipinski definition) is 2. The van der Waals surface area contributed by atoms with Crippen LogP contribution in [-0.4, -0.2) is 54.7 Å². The van der Waals surface area contributed by atoms with E-state index in [0.29, 0.717) is 25.2 Å². The fraction of sp³-hybridized carbons (Fsp3) is 0.393. The Morgan fingerprint density at radius 1 is 1.17 bits per heavy atom. The molecule has 2 aromatic rings. The second-order valence-electron chi connectivity index (χ2n) is 9.64. The summed E-state index contributed by atoms with van der Waals surface area (Å²) >= 11 is 0. The number of anilines is 1. The van der Waals surface area contributed by atoms with Crippen LogP contribution in [-0.2, 0) is 21.2 Å². The highest BCUT2D eigenvalue weighted by Gasteiger charge is 2.36. The Hall–Kier alpha value is -3.10. The molecule has 2 heterocycles. The average molecular weight is 510 g/mol. The molecule has 0 bridgehead atoms. The minimum Gasteiger partial charge on any atom is -0.393 e. The molecule has 192 valence electrons. The molecule has 1 amide bonds. The molecule has 0 saturated carbocycles. The van der Waals surface area contributed by atoms with E-state index in [-0.39, 0.29) is 24.3 Å². The normalized spacial score (nSPS) is 20.3. The van der Waals surface area contributed by atoms with Crippen LogP contribution in [0.5, 0.6) is 0 Å². The van der Waals surface area contributed by atoms with Gasteiger partial charge in [-0.2, -0.15) is 0 Å². The number of aliphatic hydroxyl groups is 1. The number of aliphatic hydroxyl groups excluding tert-OH is 1. The zero-order valence-corrected chi connectivity index (χ0v) is 21.7. The van der Waals surface area contributed by atoms with Crippen LogP contribution in [0.25, 0.3) is 5.70 Å². The molecule has 2 unspecified atom stereocenters. The molecule has 0 aliphatic carbocycles. The molecule has 2 N–H and O–H groups in total. The fourth-order valence-electron chi connectivity index (χ4n) is 5.39. The van der Waals surface area contributed by atoms with E-state index in [0.717, 1.165) is 30.4 Å². The number of carbonyl (C=O) groups is 1. The molecule has 2 aromatic carbocycles. The van der Waals surface area contributed by atoms with Crippen molar-refractivity contribution in [3.63, 3.8) is 0 Å². The quantitative estimate of drug-likeness (QED) is 0.558. The molecule has 2 aliphatic heterocycles. The maximum absolute atomic E-state index is 12.9. The Morgan fingerprint density at radius 3 is 2.44 bits per heavy atom. The lowest BCUT2D eigenvalue weighted by Gasteiger charge is -2.36. The van der Waals surface area contributed by atoms with Crippen LogP contribution in [0.1, 0.15) is 48.9 Å². The lowest BCUT2D eigenvalue weighted by Crippen LogP contribution is -2.42. The van der Waals surface area contributed by atoms with Gasteiger partial charge in [-0.3, -0.25) is 9.52 Å². The molecule has 2 atom stereocenters. The van der Waals surface area contributed by atoms with Crippen molar-refractivity contribution < 1.29 is 18.3 Å². The van der Waals surface area contributed by atoms with E-state index < -0.39 is 16.1 Å². The number of carbonyl (C=O) groups excluding carboxylic acids is 1. The largest absolute Gasteiger partial charge is 0.393 e. The number of amides is 1. The lowest BCUT2D eigenvalue weighted by molar-refractivity contribution is -0.132. The maximum atomic E-state index is 12.9. The number of nitrogens with one attached hydrogen (secondary N) is 1. The number of allylic oxidation sites excluding steroid dienone is 1. The summed E-state index contributed by atoms with van der Waals surface area (Å²) in [6.07, 6.45) is 7.00. The topological polar surface area (TPSA) is 89.9 Å². The number of benzene rings is 2. The summed E-state index contributed by atoms with van der Waals surface area (Å²) < 4.78 is 25.1. The van der Waals surface area contributed by atoms with E-state index in [4.69, 9.17) is 0 Å². The summed E-state index contributed by atoms with van der Waals surface area (Å²) in [6.45, 7) is 7.28. The van der Waals surface area contributed by atoms with Gasteiger partial charge in [0.25, 0.3) is 0 Å². The lowest BCUT2D eigenvalue weighted by atomic mass is 9.86. The van der Waals surface area contributed by atoms with Crippen molar-refractivity contribution in [3.8, 4) is 0 Å². The first-order chi connectivity index (χ1) is 17.2. The molecule has 1 fully saturated rings. The first-order valence-electron chi connectivity index (χ1n) is 12.4. The fourth-order valence-corrected chi connectivity index (χ4v) is 5.96. The smallest absolute Gasteiger partial charge is 0.229 e. The highest BCUT2D eigenvalue weighted by atomic mass is 32.2. The second kappa shape index (κ2) is 10.9. The molecule has 8 heteroatoms. The third-order valence-corrected chi connectivity index (χ3v) is 7.80. The standard InChI is InChI=1S/C28H35N3O4S/c1-4-25-23-8-6-7-9-24(23)26(31(25)5-2)19-27(32)21-14-16-30(17-15-21)28(33)18-20-10-12-22(13-11-20)29-36(3,34)35/h4-13,21,26-27,29,32H,2,14-19H2,1,3H3/b25-4-. The van der Waals surface area contributed by atoms with Gasteiger partial charge in [-0.1, -0.05) is 49.1 Å². The number of rotatable bonds is 8. The predicted molar refractivity (Wildman–Crippen MR) is 143 cm³/mol. The van der Waals surface area contributed by atoms with E-state index in [1.165, 1.54) is 11.1 Å². The van der Waals surface area contributed by atoms with Crippen molar-refractivity contribution in [2.75, 3.05) is 24.1 Å². The molecular formula is C28H35N3O4S. The van der Waals surface area contributed by atoms with Gasteiger partial charge in [0, 0.05) is 30.0 Å². The van der Waals surface area contributed by atoms with Gasteiger partial charge < -0.3 is 14.9 Å². The Morgan fingerprint density at radius 2 is 1.83 bits per heavy atom. The van der Waals surface area contributed by atoms with Crippen LogP contribution < -0.4 is 4.72 Å². The van der Waals surface area contributed by atoms with E-state index in [2.05, 4.69) is 34.4 Å². The zero-order chi connectivity index (χ0) is 25.9. The van der Waals surface area contributed by atoms with Gasteiger partial charge in [0.05, 0.1) is 24.8 Å². The Bertz CT molecular complexity index is 1230. The van der Waals surface area contributed by atoms with E-state index >= 15 is 0 Å². The van der Waals surface area contributed by atoms with Gasteiger partial charge in [0.2, 0.25) is 15.9 Å². The number of sulfonamides is 1. The molecule has 0 radical (unpaired) electrons. The zero-order valence-electron chi connectivity index (χ0n) is 20.9. The number of nitrogens with zero attached hydrogens (tertiary/aromatic N) is 2. The molecule has 7 nitrogen and oxygen atoms in total. The van der Waals surface area contributed by atoms with E-state index in [1.54, 1.807) is 24.3 Å². The average Bonchev–Trinajstić information content (AvgIpc) is 3.16. The summed E-state index contributed by atoms with van der Waals surface area (Å²) in [4.78, 5) is 16.9. The summed E-state index contributed by atoms with van der Waals surface area (Å²) in [5.41, 5.74) is 4.85. The summed E-state index contributed by atoms with van der Waals surface area (Å²) in [5, 5.41) is 11.2. The summed E-state index contributed by atoms with van der Waals surface area (Å²) in [6, 6.07) is 15.3. The molecule has 0 spiro atoms. The van der Waals surface area contributed by atoms with Crippen molar-refractivity contribution in [1.82, 2.24) is 9.80 Å².